The molecule has 7 nitrogen and oxygen atoms in total. The van der Waals surface area contributed by atoms with Gasteiger partial charge in [-0.05, 0) is 30.5 Å². The molecule has 8 heteroatoms. The van der Waals surface area contributed by atoms with Gasteiger partial charge in [0.25, 0.3) is 0 Å². The summed E-state index contributed by atoms with van der Waals surface area (Å²) in [7, 11) is 1.86. The summed E-state index contributed by atoms with van der Waals surface area (Å²) in [4.78, 5) is 12.2. The van der Waals surface area contributed by atoms with Gasteiger partial charge in [0.1, 0.15) is 11.4 Å². The molecule has 0 saturated carbocycles. The number of anilines is 2. The molecule has 1 N–H and O–H groups in total. The lowest BCUT2D eigenvalue weighted by atomic mass is 10.1. The highest BCUT2D eigenvalue weighted by Crippen LogP contribution is 2.32. The van der Waals surface area contributed by atoms with E-state index in [2.05, 4.69) is 59.7 Å². The standard InChI is InChI=1S/C18H19IN6O/c1-23-12-14(11-21-23)25-8-6-18(26)15(22-25)4-2-13-3-5-17-16(10-13)20-7-9-24(17)19/h3,5-6,8,10-12,20H,2,4,7,9H2,1H3. The van der Waals surface area contributed by atoms with Crippen LogP contribution < -0.4 is 13.9 Å². The van der Waals surface area contributed by atoms with Crippen molar-refractivity contribution >= 4 is 34.2 Å². The molecule has 0 amide bonds. The van der Waals surface area contributed by atoms with E-state index < -0.39 is 0 Å². The predicted octanol–water partition coefficient (Wildman–Crippen LogP) is 2.33. The van der Waals surface area contributed by atoms with Crippen LogP contribution in [0.1, 0.15) is 11.3 Å². The number of halogens is 1. The third-order valence-corrected chi connectivity index (χ3v) is 5.43. The van der Waals surface area contributed by atoms with Crippen LogP contribution in [0, 0.1) is 0 Å². The minimum atomic E-state index is -0.0281. The lowest BCUT2D eigenvalue weighted by Crippen LogP contribution is -2.25. The van der Waals surface area contributed by atoms with E-state index in [1.54, 1.807) is 27.8 Å². The Hall–Kier alpha value is -2.36. The van der Waals surface area contributed by atoms with Gasteiger partial charge in [-0.2, -0.15) is 10.2 Å². The number of benzene rings is 1. The summed E-state index contributed by atoms with van der Waals surface area (Å²) in [5.41, 5.74) is 4.93. The SMILES string of the molecule is Cn1cc(-n2ccc(=O)c(CCc3ccc4c(c3)NCCN4I)n2)cn1. The van der Waals surface area contributed by atoms with Crippen molar-refractivity contribution in [1.29, 1.82) is 0 Å². The third-order valence-electron chi connectivity index (χ3n) is 4.43. The zero-order valence-corrected chi connectivity index (χ0v) is 16.5. The Morgan fingerprint density at radius 1 is 1.27 bits per heavy atom. The van der Waals surface area contributed by atoms with E-state index in [0.29, 0.717) is 12.1 Å². The van der Waals surface area contributed by atoms with Gasteiger partial charge in [-0.1, -0.05) is 6.07 Å². The number of aryl methyl sites for hydroxylation is 3. The number of fused-ring (bicyclic) bond motifs is 1. The monoisotopic (exact) mass is 462 g/mol. The topological polar surface area (TPSA) is 68.0 Å². The molecule has 1 aliphatic rings. The van der Waals surface area contributed by atoms with Crippen molar-refractivity contribution in [2.45, 2.75) is 12.8 Å². The van der Waals surface area contributed by atoms with Gasteiger partial charge in [-0.25, -0.2) is 4.68 Å². The fourth-order valence-corrected chi connectivity index (χ4v) is 3.72. The van der Waals surface area contributed by atoms with Crippen LogP contribution >= 0.6 is 22.9 Å². The number of nitrogens with zero attached hydrogens (tertiary/aromatic N) is 5. The number of nitrogens with one attached hydrogen (secondary N) is 1. The average molecular weight is 462 g/mol. The van der Waals surface area contributed by atoms with Crippen molar-refractivity contribution in [1.82, 2.24) is 19.6 Å². The Kier molecular flexibility index (Phi) is 4.66. The molecule has 3 heterocycles. The quantitative estimate of drug-likeness (QED) is 0.477. The highest BCUT2D eigenvalue weighted by molar-refractivity contribution is 14.1. The van der Waals surface area contributed by atoms with Crippen LogP contribution in [0.2, 0.25) is 0 Å². The highest BCUT2D eigenvalue weighted by atomic mass is 127. The van der Waals surface area contributed by atoms with Gasteiger partial charge in [0, 0.05) is 32.4 Å². The molecule has 1 aromatic carbocycles. The zero-order chi connectivity index (χ0) is 18.1. The fraction of sp³-hybridized carbons (Fsp3) is 0.278. The van der Waals surface area contributed by atoms with Crippen molar-refractivity contribution in [2.24, 2.45) is 7.05 Å². The van der Waals surface area contributed by atoms with Crippen LogP contribution in [0.3, 0.4) is 0 Å². The third kappa shape index (κ3) is 3.46. The molecular formula is C18H19IN6O. The van der Waals surface area contributed by atoms with Gasteiger partial charge in [-0.3, -0.25) is 9.48 Å². The van der Waals surface area contributed by atoms with E-state index in [9.17, 15) is 4.79 Å². The van der Waals surface area contributed by atoms with Gasteiger partial charge in [0.15, 0.2) is 0 Å². The zero-order valence-electron chi connectivity index (χ0n) is 14.4. The van der Waals surface area contributed by atoms with E-state index >= 15 is 0 Å². The van der Waals surface area contributed by atoms with E-state index in [1.165, 1.54) is 11.3 Å². The molecule has 4 rings (SSSR count). The van der Waals surface area contributed by atoms with Gasteiger partial charge in [0.2, 0.25) is 5.43 Å². The first kappa shape index (κ1) is 17.1. The van der Waals surface area contributed by atoms with Crippen molar-refractivity contribution in [3.8, 4) is 5.69 Å². The lowest BCUT2D eigenvalue weighted by molar-refractivity contribution is 0.754. The van der Waals surface area contributed by atoms with Crippen molar-refractivity contribution in [3.63, 3.8) is 0 Å². The normalized spacial score (nSPS) is 13.4. The Bertz CT molecular complexity index is 995. The van der Waals surface area contributed by atoms with E-state index in [4.69, 9.17) is 0 Å². The fourth-order valence-electron chi connectivity index (χ4n) is 3.05. The molecule has 0 atom stereocenters. The molecule has 0 radical (unpaired) electrons. The second-order valence-electron chi connectivity index (χ2n) is 6.31. The van der Waals surface area contributed by atoms with Crippen molar-refractivity contribution in [2.75, 3.05) is 21.5 Å². The summed E-state index contributed by atoms with van der Waals surface area (Å²) in [6.07, 6.45) is 6.65. The molecule has 1 aliphatic heterocycles. The van der Waals surface area contributed by atoms with Crippen LogP contribution in [-0.4, -0.2) is 32.7 Å². The van der Waals surface area contributed by atoms with Crippen LogP contribution in [-0.2, 0) is 19.9 Å². The highest BCUT2D eigenvalue weighted by Gasteiger charge is 2.14. The first-order valence-electron chi connectivity index (χ1n) is 8.48. The second kappa shape index (κ2) is 7.10. The Morgan fingerprint density at radius 3 is 2.96 bits per heavy atom. The summed E-state index contributed by atoms with van der Waals surface area (Å²) in [5, 5.41) is 12.1. The van der Waals surface area contributed by atoms with Crippen LogP contribution in [0.5, 0.6) is 0 Å². The largest absolute Gasteiger partial charge is 0.382 e. The molecule has 3 aromatic rings. The number of hydrogen-bond acceptors (Lipinski definition) is 5. The summed E-state index contributed by atoms with van der Waals surface area (Å²) in [6, 6.07) is 8.00. The number of aromatic nitrogens is 4. The van der Waals surface area contributed by atoms with Crippen molar-refractivity contribution < 1.29 is 0 Å². The Morgan fingerprint density at radius 2 is 2.15 bits per heavy atom. The van der Waals surface area contributed by atoms with E-state index in [1.807, 2.05) is 13.2 Å². The molecule has 0 unspecified atom stereocenters. The minimum absolute atomic E-state index is 0.0281. The molecule has 0 aliphatic carbocycles. The maximum Gasteiger partial charge on any atom is 0.203 e. The molecule has 26 heavy (non-hydrogen) atoms. The summed E-state index contributed by atoms with van der Waals surface area (Å²) in [5.74, 6) is 0. The molecule has 2 aromatic heterocycles. The summed E-state index contributed by atoms with van der Waals surface area (Å²) >= 11 is 2.34. The molecule has 0 fully saturated rings. The van der Waals surface area contributed by atoms with E-state index in [0.717, 1.165) is 30.9 Å². The Balaban J connectivity index is 1.54. The molecule has 0 spiro atoms. The van der Waals surface area contributed by atoms with Crippen LogP contribution in [0.25, 0.3) is 5.69 Å². The first-order chi connectivity index (χ1) is 12.6. The average Bonchev–Trinajstić information content (AvgIpc) is 3.07. The smallest absolute Gasteiger partial charge is 0.203 e. The van der Waals surface area contributed by atoms with Crippen LogP contribution in [0.4, 0.5) is 11.4 Å². The maximum absolute atomic E-state index is 12.2. The van der Waals surface area contributed by atoms with Gasteiger partial charge < -0.3 is 8.43 Å². The predicted molar refractivity (Wildman–Crippen MR) is 110 cm³/mol. The maximum atomic E-state index is 12.2. The van der Waals surface area contributed by atoms with Crippen LogP contribution in [0.15, 0.2) is 47.7 Å². The molecule has 0 bridgehead atoms. The number of rotatable bonds is 4. The second-order valence-corrected chi connectivity index (χ2v) is 7.47. The molecule has 0 saturated heterocycles. The first-order valence-corrected chi connectivity index (χ1v) is 9.44. The van der Waals surface area contributed by atoms with Gasteiger partial charge in [-0.15, -0.1) is 0 Å². The van der Waals surface area contributed by atoms with Crippen molar-refractivity contribution in [3.05, 3.63) is 64.3 Å². The summed E-state index contributed by atoms with van der Waals surface area (Å²) in [6.45, 7) is 1.93. The minimum Gasteiger partial charge on any atom is -0.382 e. The summed E-state index contributed by atoms with van der Waals surface area (Å²) < 4.78 is 5.64. The Labute approximate surface area is 165 Å². The molecular weight excluding hydrogens is 443 g/mol. The van der Waals surface area contributed by atoms with E-state index in [-0.39, 0.29) is 5.43 Å². The van der Waals surface area contributed by atoms with Gasteiger partial charge in [0.05, 0.1) is 46.6 Å². The number of hydrogen-bond donors (Lipinski definition) is 1. The molecule has 134 valence electrons. The lowest BCUT2D eigenvalue weighted by Gasteiger charge is -2.27. The van der Waals surface area contributed by atoms with Gasteiger partial charge >= 0.3 is 0 Å².